The number of guanidine groups is 1. The summed E-state index contributed by atoms with van der Waals surface area (Å²) in [7, 11) is 0. The summed E-state index contributed by atoms with van der Waals surface area (Å²) in [6.45, 7) is 6.36. The van der Waals surface area contributed by atoms with Gasteiger partial charge in [0.1, 0.15) is 11.9 Å². The third kappa shape index (κ3) is 6.50. The van der Waals surface area contributed by atoms with Crippen LogP contribution in [-0.4, -0.2) is 31.9 Å². The van der Waals surface area contributed by atoms with Crippen molar-refractivity contribution in [2.75, 3.05) is 19.9 Å². The average Bonchev–Trinajstić information content (AvgIpc) is 3.12. The maximum atomic E-state index is 5.88. The molecule has 2 aromatic rings. The minimum atomic E-state index is 0. The summed E-state index contributed by atoms with van der Waals surface area (Å²) in [5.74, 6) is 3.19. The lowest BCUT2D eigenvalue weighted by molar-refractivity contribution is 0.174. The van der Waals surface area contributed by atoms with E-state index in [4.69, 9.17) is 14.2 Å². The number of fused-ring (bicyclic) bond motifs is 1. The second kappa shape index (κ2) is 10.9. The van der Waals surface area contributed by atoms with E-state index in [9.17, 15) is 0 Å². The van der Waals surface area contributed by atoms with Gasteiger partial charge in [0, 0.05) is 6.54 Å². The zero-order valence-electron chi connectivity index (χ0n) is 15.6. The summed E-state index contributed by atoms with van der Waals surface area (Å²) in [5.41, 5.74) is 1.07. The molecular formula is C20H26IN3O3. The molecule has 0 saturated heterocycles. The fraction of sp³-hybridized carbons (Fsp3) is 0.350. The van der Waals surface area contributed by atoms with Crippen LogP contribution in [0.1, 0.15) is 19.4 Å². The van der Waals surface area contributed by atoms with Crippen LogP contribution < -0.4 is 24.8 Å². The average molecular weight is 483 g/mol. The summed E-state index contributed by atoms with van der Waals surface area (Å²) in [6.07, 6.45) is 0.0202. The molecule has 0 bridgehead atoms. The third-order valence-corrected chi connectivity index (χ3v) is 3.84. The maximum absolute atomic E-state index is 5.88. The molecule has 7 heteroatoms. The lowest BCUT2D eigenvalue weighted by atomic mass is 10.2. The molecule has 0 amide bonds. The standard InChI is InChI=1S/C20H25N3O3.HI/c1-3-21-20(22-12-15(2)26-17-7-5-4-6-8-17)23-13-16-9-10-18-19(11-16)25-14-24-18;/h4-11,15H,3,12-14H2,1-2H3,(H2,21,22,23);1H. The van der Waals surface area contributed by atoms with E-state index in [0.29, 0.717) is 13.1 Å². The van der Waals surface area contributed by atoms with Crippen LogP contribution in [0.3, 0.4) is 0 Å². The van der Waals surface area contributed by atoms with Gasteiger partial charge in [-0.05, 0) is 43.7 Å². The minimum absolute atomic E-state index is 0. The van der Waals surface area contributed by atoms with Crippen molar-refractivity contribution in [2.24, 2.45) is 4.99 Å². The van der Waals surface area contributed by atoms with Crippen LogP contribution in [0.25, 0.3) is 0 Å². The molecule has 0 saturated carbocycles. The summed E-state index contributed by atoms with van der Waals surface area (Å²) >= 11 is 0. The molecule has 0 radical (unpaired) electrons. The number of para-hydroxylation sites is 1. The summed E-state index contributed by atoms with van der Waals surface area (Å²) in [5, 5.41) is 6.57. The van der Waals surface area contributed by atoms with Gasteiger partial charge in [0.25, 0.3) is 0 Å². The van der Waals surface area contributed by atoms with Crippen molar-refractivity contribution in [2.45, 2.75) is 26.5 Å². The summed E-state index contributed by atoms with van der Waals surface area (Å²) < 4.78 is 16.6. The number of hydrogen-bond acceptors (Lipinski definition) is 4. The topological polar surface area (TPSA) is 64.1 Å². The highest BCUT2D eigenvalue weighted by Gasteiger charge is 2.13. The molecule has 3 rings (SSSR count). The highest BCUT2D eigenvalue weighted by Crippen LogP contribution is 2.32. The molecule has 2 aromatic carbocycles. The molecule has 0 fully saturated rings. The Hall–Kier alpha value is -2.16. The van der Waals surface area contributed by atoms with Gasteiger partial charge >= 0.3 is 0 Å². The zero-order valence-corrected chi connectivity index (χ0v) is 17.9. The second-order valence-corrected chi connectivity index (χ2v) is 6.01. The molecule has 1 atom stereocenters. The molecule has 0 aromatic heterocycles. The first kappa shape index (κ1) is 21.1. The second-order valence-electron chi connectivity index (χ2n) is 6.01. The van der Waals surface area contributed by atoms with E-state index < -0.39 is 0 Å². The predicted octanol–water partition coefficient (Wildman–Crippen LogP) is 3.56. The third-order valence-electron chi connectivity index (χ3n) is 3.84. The van der Waals surface area contributed by atoms with Gasteiger partial charge in [-0.25, -0.2) is 4.99 Å². The van der Waals surface area contributed by atoms with Gasteiger partial charge in [-0.15, -0.1) is 24.0 Å². The van der Waals surface area contributed by atoms with E-state index in [0.717, 1.165) is 35.3 Å². The first-order valence-electron chi connectivity index (χ1n) is 8.87. The number of rotatable bonds is 7. The van der Waals surface area contributed by atoms with Gasteiger partial charge in [-0.2, -0.15) is 0 Å². The highest BCUT2D eigenvalue weighted by molar-refractivity contribution is 14.0. The van der Waals surface area contributed by atoms with Gasteiger partial charge in [-0.3, -0.25) is 0 Å². The largest absolute Gasteiger partial charge is 0.489 e. The smallest absolute Gasteiger partial charge is 0.231 e. The van der Waals surface area contributed by atoms with Crippen molar-refractivity contribution in [3.63, 3.8) is 0 Å². The fourth-order valence-electron chi connectivity index (χ4n) is 2.56. The van der Waals surface area contributed by atoms with Gasteiger partial charge in [0.15, 0.2) is 17.5 Å². The van der Waals surface area contributed by atoms with E-state index >= 15 is 0 Å². The molecule has 6 nitrogen and oxygen atoms in total. The normalized spacial score (nSPS) is 13.5. The molecule has 2 N–H and O–H groups in total. The summed E-state index contributed by atoms with van der Waals surface area (Å²) in [6, 6.07) is 15.7. The number of nitrogens with zero attached hydrogens (tertiary/aromatic N) is 1. The molecule has 1 aliphatic rings. The number of nitrogens with one attached hydrogen (secondary N) is 2. The minimum Gasteiger partial charge on any atom is -0.489 e. The van der Waals surface area contributed by atoms with E-state index in [1.165, 1.54) is 0 Å². The molecule has 0 aliphatic carbocycles. The van der Waals surface area contributed by atoms with Crippen molar-refractivity contribution in [3.8, 4) is 17.2 Å². The molecule has 1 heterocycles. The number of aliphatic imine (C=N–C) groups is 1. The number of ether oxygens (including phenoxy) is 3. The van der Waals surface area contributed by atoms with E-state index in [-0.39, 0.29) is 36.9 Å². The Morgan fingerprint density at radius 1 is 1.11 bits per heavy atom. The molecule has 1 unspecified atom stereocenters. The van der Waals surface area contributed by atoms with Crippen LogP contribution in [0.4, 0.5) is 0 Å². The van der Waals surface area contributed by atoms with Crippen LogP contribution in [0.15, 0.2) is 53.5 Å². The van der Waals surface area contributed by atoms with Crippen LogP contribution in [0, 0.1) is 0 Å². The van der Waals surface area contributed by atoms with Crippen molar-refractivity contribution in [1.29, 1.82) is 0 Å². The van der Waals surface area contributed by atoms with Crippen molar-refractivity contribution < 1.29 is 14.2 Å². The molecule has 27 heavy (non-hydrogen) atoms. The van der Waals surface area contributed by atoms with Crippen LogP contribution in [0.5, 0.6) is 17.2 Å². The van der Waals surface area contributed by atoms with Gasteiger partial charge < -0.3 is 24.8 Å². The lowest BCUT2D eigenvalue weighted by Gasteiger charge is -2.17. The number of halogens is 1. The van der Waals surface area contributed by atoms with Gasteiger partial charge in [-0.1, -0.05) is 24.3 Å². The Labute approximate surface area is 177 Å². The molecule has 0 spiro atoms. The number of hydrogen-bond donors (Lipinski definition) is 2. The SMILES string of the molecule is CCNC(=NCc1ccc2c(c1)OCO2)NCC(C)Oc1ccccc1.I. The molecule has 146 valence electrons. The molecule has 1 aliphatic heterocycles. The maximum Gasteiger partial charge on any atom is 0.231 e. The van der Waals surface area contributed by atoms with E-state index in [1.54, 1.807) is 0 Å². The van der Waals surface area contributed by atoms with Crippen LogP contribution in [0.2, 0.25) is 0 Å². The predicted molar refractivity (Wildman–Crippen MR) is 117 cm³/mol. The molecular weight excluding hydrogens is 457 g/mol. The Bertz CT molecular complexity index is 741. The summed E-state index contributed by atoms with van der Waals surface area (Å²) in [4.78, 5) is 4.63. The van der Waals surface area contributed by atoms with Crippen molar-refractivity contribution in [3.05, 3.63) is 54.1 Å². The van der Waals surface area contributed by atoms with Crippen molar-refractivity contribution in [1.82, 2.24) is 10.6 Å². The lowest BCUT2D eigenvalue weighted by Crippen LogP contribution is -2.41. The first-order chi connectivity index (χ1) is 12.7. The Kier molecular flexibility index (Phi) is 8.50. The van der Waals surface area contributed by atoms with E-state index in [2.05, 4.69) is 15.6 Å². The Morgan fingerprint density at radius 3 is 2.67 bits per heavy atom. The first-order valence-corrected chi connectivity index (χ1v) is 8.87. The Morgan fingerprint density at radius 2 is 1.89 bits per heavy atom. The Balaban J connectivity index is 0.00000261. The fourth-order valence-corrected chi connectivity index (χ4v) is 2.56. The quantitative estimate of drug-likeness (QED) is 0.359. The van der Waals surface area contributed by atoms with Gasteiger partial charge in [0.05, 0.1) is 13.1 Å². The van der Waals surface area contributed by atoms with E-state index in [1.807, 2.05) is 62.4 Å². The highest BCUT2D eigenvalue weighted by atomic mass is 127. The number of benzene rings is 2. The monoisotopic (exact) mass is 483 g/mol. The van der Waals surface area contributed by atoms with Crippen molar-refractivity contribution >= 4 is 29.9 Å². The van der Waals surface area contributed by atoms with Crippen LogP contribution >= 0.6 is 24.0 Å². The van der Waals surface area contributed by atoms with Gasteiger partial charge in [0.2, 0.25) is 6.79 Å². The zero-order chi connectivity index (χ0) is 18.2. The van der Waals surface area contributed by atoms with Crippen LogP contribution in [-0.2, 0) is 6.54 Å².